The number of rotatable bonds is 4. The Morgan fingerprint density at radius 1 is 1.04 bits per heavy atom. The lowest BCUT2D eigenvalue weighted by atomic mass is 9.95. The van der Waals surface area contributed by atoms with Crippen LogP contribution >= 0.6 is 0 Å². The van der Waals surface area contributed by atoms with Gasteiger partial charge < -0.3 is 14.8 Å². The molecule has 0 aliphatic carbocycles. The summed E-state index contributed by atoms with van der Waals surface area (Å²) < 4.78 is 37.9. The molecule has 0 radical (unpaired) electrons. The van der Waals surface area contributed by atoms with Crippen LogP contribution in [0, 0.1) is 17.6 Å². The van der Waals surface area contributed by atoms with Crippen molar-refractivity contribution < 1.29 is 23.0 Å². The zero-order chi connectivity index (χ0) is 18.0. The van der Waals surface area contributed by atoms with E-state index in [0.717, 1.165) is 17.7 Å². The van der Waals surface area contributed by atoms with Gasteiger partial charge in [-0.1, -0.05) is 19.9 Å². The van der Waals surface area contributed by atoms with Gasteiger partial charge in [0.2, 0.25) is 0 Å². The van der Waals surface area contributed by atoms with Crippen LogP contribution in [-0.4, -0.2) is 19.1 Å². The molecule has 0 spiro atoms. The molecular formula is C19H19F2NO3. The Bertz CT molecular complexity index is 792. The number of benzene rings is 2. The number of carbonyl (C=O) groups is 1. The summed E-state index contributed by atoms with van der Waals surface area (Å²) in [6.45, 7) is 4.86. The first-order valence-electron chi connectivity index (χ1n) is 8.11. The molecule has 0 fully saturated rings. The first-order valence-corrected chi connectivity index (χ1v) is 8.11. The fourth-order valence-corrected chi connectivity index (χ4v) is 2.78. The molecule has 1 amide bonds. The average Bonchev–Trinajstić information content (AvgIpc) is 2.58. The van der Waals surface area contributed by atoms with Gasteiger partial charge in [0.15, 0.2) is 11.5 Å². The molecule has 1 aliphatic rings. The predicted octanol–water partition coefficient (Wildman–Crippen LogP) is 3.86. The highest BCUT2D eigenvalue weighted by Gasteiger charge is 2.23. The SMILES string of the molecule is CC(C)C(NC(=O)c1ccc(F)cc1F)c1ccc2c(c1)OCCO2. The largest absolute Gasteiger partial charge is 0.486 e. The molecule has 0 aromatic heterocycles. The molecule has 132 valence electrons. The molecule has 1 unspecified atom stereocenters. The highest BCUT2D eigenvalue weighted by atomic mass is 19.1. The summed E-state index contributed by atoms with van der Waals surface area (Å²) in [6.07, 6.45) is 0. The van der Waals surface area contributed by atoms with Crippen molar-refractivity contribution in [2.24, 2.45) is 5.92 Å². The van der Waals surface area contributed by atoms with E-state index in [9.17, 15) is 13.6 Å². The maximum Gasteiger partial charge on any atom is 0.254 e. The molecule has 2 aromatic carbocycles. The number of carbonyl (C=O) groups excluding carboxylic acids is 1. The summed E-state index contributed by atoms with van der Waals surface area (Å²) in [6, 6.07) is 8.01. The molecule has 4 nitrogen and oxygen atoms in total. The molecule has 0 saturated heterocycles. The summed E-state index contributed by atoms with van der Waals surface area (Å²) in [7, 11) is 0. The van der Waals surface area contributed by atoms with Gasteiger partial charge >= 0.3 is 0 Å². The van der Waals surface area contributed by atoms with Crippen molar-refractivity contribution in [3.63, 3.8) is 0 Å². The summed E-state index contributed by atoms with van der Waals surface area (Å²) in [5, 5.41) is 2.82. The third-order valence-corrected chi connectivity index (χ3v) is 4.05. The average molecular weight is 347 g/mol. The molecular weight excluding hydrogens is 328 g/mol. The van der Waals surface area contributed by atoms with E-state index in [-0.39, 0.29) is 17.5 Å². The van der Waals surface area contributed by atoms with Crippen LogP contribution in [-0.2, 0) is 0 Å². The first-order chi connectivity index (χ1) is 12.0. The number of hydrogen-bond acceptors (Lipinski definition) is 3. The van der Waals surface area contributed by atoms with Gasteiger partial charge in [0.1, 0.15) is 24.8 Å². The van der Waals surface area contributed by atoms with Crippen molar-refractivity contribution in [1.29, 1.82) is 0 Å². The van der Waals surface area contributed by atoms with E-state index in [4.69, 9.17) is 9.47 Å². The van der Waals surface area contributed by atoms with E-state index in [0.29, 0.717) is 30.8 Å². The van der Waals surface area contributed by atoms with E-state index in [2.05, 4.69) is 5.32 Å². The van der Waals surface area contributed by atoms with Gasteiger partial charge in [0, 0.05) is 6.07 Å². The molecule has 1 N–H and O–H groups in total. The van der Waals surface area contributed by atoms with E-state index in [1.165, 1.54) is 0 Å². The minimum absolute atomic E-state index is 0.0509. The fraction of sp³-hybridized carbons (Fsp3) is 0.316. The normalized spacial score (nSPS) is 14.3. The quantitative estimate of drug-likeness (QED) is 0.913. The summed E-state index contributed by atoms with van der Waals surface area (Å²) >= 11 is 0. The van der Waals surface area contributed by atoms with Crippen molar-refractivity contribution >= 4 is 5.91 Å². The number of amides is 1. The lowest BCUT2D eigenvalue weighted by molar-refractivity contribution is 0.0921. The molecule has 1 atom stereocenters. The number of hydrogen-bond donors (Lipinski definition) is 1. The Hall–Kier alpha value is -2.63. The zero-order valence-electron chi connectivity index (χ0n) is 14.0. The van der Waals surface area contributed by atoms with Crippen LogP contribution in [0.4, 0.5) is 8.78 Å². The smallest absolute Gasteiger partial charge is 0.254 e. The van der Waals surface area contributed by atoms with Crippen LogP contribution in [0.15, 0.2) is 36.4 Å². The lowest BCUT2D eigenvalue weighted by Crippen LogP contribution is -2.32. The van der Waals surface area contributed by atoms with Crippen molar-refractivity contribution in [3.05, 3.63) is 59.2 Å². The molecule has 6 heteroatoms. The Balaban J connectivity index is 1.85. The maximum atomic E-state index is 13.8. The number of ether oxygens (including phenoxy) is 2. The topological polar surface area (TPSA) is 47.6 Å². The van der Waals surface area contributed by atoms with Crippen molar-refractivity contribution in [2.45, 2.75) is 19.9 Å². The summed E-state index contributed by atoms with van der Waals surface area (Å²) in [4.78, 5) is 12.4. The second-order valence-electron chi connectivity index (χ2n) is 6.22. The Morgan fingerprint density at radius 3 is 2.44 bits per heavy atom. The van der Waals surface area contributed by atoms with E-state index < -0.39 is 17.5 Å². The molecule has 0 bridgehead atoms. The van der Waals surface area contributed by atoms with Crippen LogP contribution in [0.25, 0.3) is 0 Å². The number of nitrogens with one attached hydrogen (secondary N) is 1. The molecule has 0 saturated carbocycles. The Morgan fingerprint density at radius 2 is 1.76 bits per heavy atom. The van der Waals surface area contributed by atoms with Gasteiger partial charge in [-0.05, 0) is 35.7 Å². The number of halogens is 2. The highest BCUT2D eigenvalue weighted by Crippen LogP contribution is 2.34. The van der Waals surface area contributed by atoms with Crippen LogP contribution in [0.2, 0.25) is 0 Å². The van der Waals surface area contributed by atoms with E-state index >= 15 is 0 Å². The molecule has 1 aliphatic heterocycles. The van der Waals surface area contributed by atoms with Gasteiger partial charge in [-0.3, -0.25) is 4.79 Å². The van der Waals surface area contributed by atoms with Crippen LogP contribution < -0.4 is 14.8 Å². The zero-order valence-corrected chi connectivity index (χ0v) is 14.0. The van der Waals surface area contributed by atoms with Gasteiger partial charge in [0.05, 0.1) is 11.6 Å². The molecule has 1 heterocycles. The predicted molar refractivity (Wildman–Crippen MR) is 88.8 cm³/mol. The maximum absolute atomic E-state index is 13.8. The highest BCUT2D eigenvalue weighted by molar-refractivity contribution is 5.94. The second kappa shape index (κ2) is 7.09. The van der Waals surface area contributed by atoms with Gasteiger partial charge in [-0.25, -0.2) is 8.78 Å². The Kier molecular flexibility index (Phi) is 4.88. The third-order valence-electron chi connectivity index (χ3n) is 4.05. The molecule has 2 aromatic rings. The standard InChI is InChI=1S/C19H19F2NO3/c1-11(2)18(12-3-6-16-17(9-12)25-8-7-24-16)22-19(23)14-5-4-13(20)10-15(14)21/h3-6,9-11,18H,7-8H2,1-2H3,(H,22,23). The van der Waals surface area contributed by atoms with Crippen LogP contribution in [0.1, 0.15) is 35.8 Å². The van der Waals surface area contributed by atoms with Crippen molar-refractivity contribution in [2.75, 3.05) is 13.2 Å². The van der Waals surface area contributed by atoms with Gasteiger partial charge in [0.25, 0.3) is 5.91 Å². The first kappa shape index (κ1) is 17.2. The number of fused-ring (bicyclic) bond motifs is 1. The fourth-order valence-electron chi connectivity index (χ4n) is 2.78. The minimum atomic E-state index is -0.887. The lowest BCUT2D eigenvalue weighted by Gasteiger charge is -2.25. The molecule has 25 heavy (non-hydrogen) atoms. The summed E-state index contributed by atoms with van der Waals surface area (Å²) in [5.41, 5.74) is 0.639. The summed E-state index contributed by atoms with van der Waals surface area (Å²) in [5.74, 6) is -0.866. The van der Waals surface area contributed by atoms with Crippen LogP contribution in [0.5, 0.6) is 11.5 Å². The third kappa shape index (κ3) is 3.73. The Labute approximate surface area is 144 Å². The van der Waals surface area contributed by atoms with E-state index in [1.54, 1.807) is 6.07 Å². The molecule has 3 rings (SSSR count). The van der Waals surface area contributed by atoms with Gasteiger partial charge in [-0.2, -0.15) is 0 Å². The van der Waals surface area contributed by atoms with Crippen molar-refractivity contribution in [3.8, 4) is 11.5 Å². The van der Waals surface area contributed by atoms with Crippen LogP contribution in [0.3, 0.4) is 0 Å². The monoisotopic (exact) mass is 347 g/mol. The second-order valence-corrected chi connectivity index (χ2v) is 6.22. The van der Waals surface area contributed by atoms with Crippen molar-refractivity contribution in [1.82, 2.24) is 5.32 Å². The van der Waals surface area contributed by atoms with E-state index in [1.807, 2.05) is 26.0 Å². The van der Waals surface area contributed by atoms with Gasteiger partial charge in [-0.15, -0.1) is 0 Å². The minimum Gasteiger partial charge on any atom is -0.486 e.